The number of halogens is 2. The van der Waals surface area contributed by atoms with Gasteiger partial charge >= 0.3 is 0 Å². The molecule has 3 rings (SSSR count). The van der Waals surface area contributed by atoms with Gasteiger partial charge in [0.05, 0.1) is 60.7 Å². The highest BCUT2D eigenvalue weighted by Gasteiger charge is 2.43. The molecule has 0 bridgehead atoms. The average molecular weight is 414 g/mol. The molecule has 0 saturated carbocycles. The van der Waals surface area contributed by atoms with Crippen molar-refractivity contribution in [1.29, 1.82) is 26.3 Å². The molecule has 1 aromatic rings. The van der Waals surface area contributed by atoms with Gasteiger partial charge in [-0.25, -0.2) is 33.8 Å². The zero-order chi connectivity index (χ0) is 23.7. The average Bonchev–Trinajstić information content (AvgIpc) is 3.32. The Morgan fingerprint density at radius 3 is 1.50 bits per heavy atom. The molecule has 10 heteroatoms. The van der Waals surface area contributed by atoms with Gasteiger partial charge in [0.25, 0.3) is 11.4 Å². The van der Waals surface area contributed by atoms with Crippen LogP contribution in [0.2, 0.25) is 0 Å². The van der Waals surface area contributed by atoms with Gasteiger partial charge in [-0.1, -0.05) is 0 Å². The van der Waals surface area contributed by atoms with E-state index < -0.39 is 78.8 Å². The van der Waals surface area contributed by atoms with E-state index >= 15 is 8.78 Å². The van der Waals surface area contributed by atoms with Crippen LogP contribution in [0, 0.1) is 88.0 Å². The normalized spacial score (nSPS) is 16.1. The Morgan fingerprint density at radius 1 is 0.625 bits per heavy atom. The van der Waals surface area contributed by atoms with Gasteiger partial charge in [0.15, 0.2) is 0 Å². The quantitative estimate of drug-likeness (QED) is 0.462. The molecule has 0 spiro atoms. The van der Waals surface area contributed by atoms with Crippen molar-refractivity contribution < 1.29 is 8.78 Å². The van der Waals surface area contributed by atoms with Crippen molar-refractivity contribution >= 4 is 22.3 Å². The largest absolute Gasteiger partial charge is 0.271 e. The summed E-state index contributed by atoms with van der Waals surface area (Å²) in [5, 5.41) is 47.1. The molecular weight excluding hydrogens is 414 g/mol. The van der Waals surface area contributed by atoms with Crippen LogP contribution in [-0.2, 0) is 0 Å². The molecule has 0 aliphatic heterocycles. The fourth-order valence-corrected chi connectivity index (χ4v) is 3.55. The van der Waals surface area contributed by atoms with Crippen LogP contribution in [0.1, 0.15) is 22.3 Å². The highest BCUT2D eigenvalue weighted by molar-refractivity contribution is 6.14. The van der Waals surface area contributed by atoms with Crippen molar-refractivity contribution in [3.63, 3.8) is 0 Å². The lowest BCUT2D eigenvalue weighted by molar-refractivity contribution is 0.590. The van der Waals surface area contributed by atoms with E-state index in [-0.39, 0.29) is 0 Å². The standard InChI is InChI=1S/C22F2N8/c1-30-12(7-28)14-9(4-25)10(5-26)15-18(14)21(24)19-16(20(15)23)11(6-27)22(32-3)17(19)13(8-29)31-2/b14-12-,17-13-. The Morgan fingerprint density at radius 2 is 1.06 bits per heavy atom. The molecule has 0 heterocycles. The van der Waals surface area contributed by atoms with Gasteiger partial charge in [-0.05, 0) is 0 Å². The minimum absolute atomic E-state index is 0.611. The third-order valence-electron chi connectivity index (χ3n) is 4.71. The summed E-state index contributed by atoms with van der Waals surface area (Å²) in [5.41, 5.74) is -8.37. The number of hydrogen-bond donors (Lipinski definition) is 0. The van der Waals surface area contributed by atoms with E-state index in [1.165, 1.54) is 12.1 Å². The Bertz CT molecular complexity index is 1510. The predicted octanol–water partition coefficient (Wildman–Crippen LogP) is 4.25. The zero-order valence-corrected chi connectivity index (χ0v) is 15.3. The first-order chi connectivity index (χ1) is 15.4. The predicted molar refractivity (Wildman–Crippen MR) is 102 cm³/mol. The van der Waals surface area contributed by atoms with Gasteiger partial charge in [0, 0.05) is 33.4 Å². The highest BCUT2D eigenvalue weighted by Crippen LogP contribution is 2.53. The van der Waals surface area contributed by atoms with E-state index in [1.807, 2.05) is 0 Å². The summed E-state index contributed by atoms with van der Waals surface area (Å²) in [6.07, 6.45) is 0. The highest BCUT2D eigenvalue weighted by atomic mass is 19.1. The molecule has 0 unspecified atom stereocenters. The topological polar surface area (TPSA) is 132 Å². The fourth-order valence-electron chi connectivity index (χ4n) is 3.55. The summed E-state index contributed by atoms with van der Waals surface area (Å²) in [4.78, 5) is 8.93. The van der Waals surface area contributed by atoms with Gasteiger partial charge in [0.2, 0.25) is 5.70 Å². The molecule has 2 aliphatic carbocycles. The maximum Gasteiger partial charge on any atom is 0.271 e. The van der Waals surface area contributed by atoms with E-state index in [2.05, 4.69) is 14.5 Å². The summed E-state index contributed by atoms with van der Waals surface area (Å²) in [5.74, 6) is -2.73. The summed E-state index contributed by atoms with van der Waals surface area (Å²) in [6.45, 7) is 21.6. The minimum Gasteiger partial charge on any atom is -0.237 e. The van der Waals surface area contributed by atoms with E-state index in [4.69, 9.17) is 19.7 Å². The third-order valence-corrected chi connectivity index (χ3v) is 4.71. The van der Waals surface area contributed by atoms with Crippen LogP contribution in [0.5, 0.6) is 0 Å². The lowest BCUT2D eigenvalue weighted by atomic mass is 9.91. The van der Waals surface area contributed by atoms with Gasteiger partial charge in [-0.15, -0.1) is 0 Å². The Labute approximate surface area is 179 Å². The van der Waals surface area contributed by atoms with E-state index in [9.17, 15) is 26.3 Å². The number of hydrogen-bond acceptors (Lipinski definition) is 5. The second-order valence-corrected chi connectivity index (χ2v) is 5.94. The van der Waals surface area contributed by atoms with Crippen LogP contribution in [0.3, 0.4) is 0 Å². The molecule has 0 radical (unpaired) electrons. The van der Waals surface area contributed by atoms with E-state index in [1.54, 1.807) is 18.2 Å². The lowest BCUT2D eigenvalue weighted by Gasteiger charge is -2.14. The first-order valence-corrected chi connectivity index (χ1v) is 8.09. The molecule has 0 saturated heterocycles. The first kappa shape index (κ1) is 20.7. The molecule has 0 N–H and O–H groups in total. The number of fused-ring (bicyclic) bond motifs is 2. The van der Waals surface area contributed by atoms with Crippen LogP contribution in [-0.4, -0.2) is 0 Å². The Balaban J connectivity index is 2.76. The number of allylic oxidation sites excluding steroid dienone is 7. The molecule has 1 aromatic carbocycles. The SMILES string of the molecule is [C-]#[N+]C1=C(C#N)c2c(F)c3c(c(F)c2/C1=C(\C#N)[N+]#[C-])/C(=C(/C#N)[N+]#[C-])C(C#N)=C3C#N. The van der Waals surface area contributed by atoms with Crippen LogP contribution in [0.4, 0.5) is 8.78 Å². The van der Waals surface area contributed by atoms with Crippen molar-refractivity contribution in [1.82, 2.24) is 0 Å². The number of benzene rings is 1. The van der Waals surface area contributed by atoms with Crippen LogP contribution in [0.15, 0.2) is 22.7 Å². The van der Waals surface area contributed by atoms with Gasteiger partial charge in [-0.3, -0.25) is 0 Å². The maximum absolute atomic E-state index is 15.9. The second kappa shape index (κ2) is 7.41. The van der Waals surface area contributed by atoms with Crippen LogP contribution in [0.25, 0.3) is 36.8 Å². The van der Waals surface area contributed by atoms with Gasteiger partial charge in [0.1, 0.15) is 17.7 Å². The van der Waals surface area contributed by atoms with Crippen LogP contribution >= 0.6 is 0 Å². The molecule has 0 amide bonds. The molecular formula is C22F2N8. The fraction of sp³-hybridized carbons (Fsp3) is 0. The zero-order valence-electron chi connectivity index (χ0n) is 15.3. The smallest absolute Gasteiger partial charge is 0.237 e. The number of rotatable bonds is 0. The van der Waals surface area contributed by atoms with Crippen molar-refractivity contribution in [3.05, 3.63) is 90.8 Å². The van der Waals surface area contributed by atoms with Crippen molar-refractivity contribution in [2.45, 2.75) is 0 Å². The monoisotopic (exact) mass is 414 g/mol. The summed E-state index contributed by atoms with van der Waals surface area (Å²) >= 11 is 0. The molecule has 32 heavy (non-hydrogen) atoms. The second-order valence-electron chi connectivity index (χ2n) is 5.94. The maximum atomic E-state index is 15.9. The number of nitrogens with zero attached hydrogens (tertiary/aromatic N) is 8. The molecule has 0 aromatic heterocycles. The van der Waals surface area contributed by atoms with Crippen molar-refractivity contribution in [2.24, 2.45) is 0 Å². The van der Waals surface area contributed by atoms with E-state index in [0.717, 1.165) is 0 Å². The molecule has 0 fully saturated rings. The van der Waals surface area contributed by atoms with Crippen molar-refractivity contribution in [3.8, 4) is 30.3 Å². The summed E-state index contributed by atoms with van der Waals surface area (Å²) < 4.78 is 31.6. The van der Waals surface area contributed by atoms with Crippen molar-refractivity contribution in [2.75, 3.05) is 0 Å². The Hall–Kier alpha value is -6.04. The minimum atomic E-state index is -1.38. The lowest BCUT2D eigenvalue weighted by Crippen LogP contribution is -2.05. The third kappa shape index (κ3) is 2.31. The Kier molecular flexibility index (Phi) is 4.79. The molecule has 8 nitrogen and oxygen atoms in total. The molecule has 0 atom stereocenters. The molecule has 142 valence electrons. The van der Waals surface area contributed by atoms with Gasteiger partial charge in [-0.2, -0.15) is 15.8 Å². The van der Waals surface area contributed by atoms with Crippen LogP contribution < -0.4 is 0 Å². The first-order valence-electron chi connectivity index (χ1n) is 8.09. The van der Waals surface area contributed by atoms with E-state index in [0.29, 0.717) is 0 Å². The number of nitriles is 5. The summed E-state index contributed by atoms with van der Waals surface area (Å²) in [7, 11) is 0. The van der Waals surface area contributed by atoms with Gasteiger partial charge < -0.3 is 0 Å². The molecule has 2 aliphatic rings. The summed E-state index contributed by atoms with van der Waals surface area (Å²) in [6, 6.07) is 7.65.